The third kappa shape index (κ3) is 6.35. The highest BCUT2D eigenvalue weighted by Crippen LogP contribution is 2.47. The SMILES string of the molecule is C=C(N)c1cc(-c2cccnc2[C@@H](CC(=O)Cn2nc(C(F)(F)F)c3c2C(=O)CC3(F)F)Cc2cc(F)cc(F)c2)ccc1F. The number of rotatable bonds is 9. The maximum atomic E-state index is 14.4. The Morgan fingerprint density at radius 2 is 1.76 bits per heavy atom. The summed E-state index contributed by atoms with van der Waals surface area (Å²) in [6.07, 6.45) is -6.20. The fraction of sp³-hybridized carbons (Fsp3) is 0.226. The third-order valence-corrected chi connectivity index (χ3v) is 7.29. The molecule has 1 aliphatic rings. The summed E-state index contributed by atoms with van der Waals surface area (Å²) in [7, 11) is 0. The van der Waals surface area contributed by atoms with Crippen molar-refractivity contribution in [2.75, 3.05) is 0 Å². The van der Waals surface area contributed by atoms with Gasteiger partial charge in [-0.3, -0.25) is 19.3 Å². The van der Waals surface area contributed by atoms with E-state index in [0.29, 0.717) is 21.9 Å². The lowest BCUT2D eigenvalue weighted by molar-refractivity contribution is -0.145. The smallest absolute Gasteiger partial charge is 0.399 e. The minimum absolute atomic E-state index is 0.0170. The molecule has 1 aliphatic carbocycles. The first-order chi connectivity index (χ1) is 21.0. The highest BCUT2D eigenvalue weighted by molar-refractivity contribution is 6.01. The van der Waals surface area contributed by atoms with Crippen LogP contribution in [0.1, 0.15) is 57.3 Å². The number of pyridine rings is 1. The topological polar surface area (TPSA) is 90.9 Å². The number of aromatic nitrogens is 3. The first-order valence-corrected chi connectivity index (χ1v) is 13.3. The van der Waals surface area contributed by atoms with Crippen LogP contribution in [0.25, 0.3) is 16.8 Å². The predicted molar refractivity (Wildman–Crippen MR) is 145 cm³/mol. The lowest BCUT2D eigenvalue weighted by atomic mass is 9.86. The first kappa shape index (κ1) is 31.5. The number of hydrogen-bond acceptors (Lipinski definition) is 5. The van der Waals surface area contributed by atoms with E-state index in [1.165, 1.54) is 24.4 Å². The number of hydrogen-bond donors (Lipinski definition) is 1. The Morgan fingerprint density at radius 1 is 1.07 bits per heavy atom. The van der Waals surface area contributed by atoms with E-state index in [1.807, 2.05) is 0 Å². The number of ketones is 2. The van der Waals surface area contributed by atoms with Gasteiger partial charge >= 0.3 is 6.18 Å². The van der Waals surface area contributed by atoms with Crippen molar-refractivity contribution in [3.05, 3.63) is 113 Å². The Morgan fingerprint density at radius 3 is 2.40 bits per heavy atom. The zero-order valence-corrected chi connectivity index (χ0v) is 23.1. The zero-order chi connectivity index (χ0) is 32.8. The Hall–Kier alpha value is -4.88. The number of alkyl halides is 5. The second kappa shape index (κ2) is 11.6. The van der Waals surface area contributed by atoms with E-state index in [2.05, 4.69) is 16.7 Å². The Labute approximate surface area is 250 Å². The van der Waals surface area contributed by atoms with Gasteiger partial charge in [0.15, 0.2) is 17.3 Å². The number of Topliss-reactive ketones (excluding diaryl/α,β-unsaturated/α-hetero) is 2. The van der Waals surface area contributed by atoms with Crippen molar-refractivity contribution in [2.24, 2.45) is 5.73 Å². The van der Waals surface area contributed by atoms with Crippen LogP contribution < -0.4 is 5.73 Å². The summed E-state index contributed by atoms with van der Waals surface area (Å²) >= 11 is 0. The Balaban J connectivity index is 1.56. The van der Waals surface area contributed by atoms with E-state index in [-0.39, 0.29) is 28.9 Å². The van der Waals surface area contributed by atoms with Crippen LogP contribution in [-0.4, -0.2) is 26.3 Å². The van der Waals surface area contributed by atoms with Crippen LogP contribution in [0.5, 0.6) is 0 Å². The number of carbonyl (C=O) groups excluding carboxylic acids is 2. The molecule has 0 saturated carbocycles. The number of halogens is 8. The molecule has 0 radical (unpaired) electrons. The van der Waals surface area contributed by atoms with Crippen LogP contribution in [-0.2, 0) is 29.9 Å². The Bertz CT molecular complexity index is 1830. The molecular weight excluding hydrogens is 612 g/mol. The molecule has 0 amide bonds. The largest absolute Gasteiger partial charge is 0.435 e. The van der Waals surface area contributed by atoms with Crippen LogP contribution in [0.15, 0.2) is 61.3 Å². The van der Waals surface area contributed by atoms with Gasteiger partial charge in [-0.1, -0.05) is 18.7 Å². The van der Waals surface area contributed by atoms with Gasteiger partial charge in [0.1, 0.15) is 29.7 Å². The summed E-state index contributed by atoms with van der Waals surface area (Å²) in [5.41, 5.74) is 2.10. The summed E-state index contributed by atoms with van der Waals surface area (Å²) < 4.78 is 112. The van der Waals surface area contributed by atoms with Gasteiger partial charge in [0, 0.05) is 41.4 Å². The molecule has 2 heterocycles. The third-order valence-electron chi connectivity index (χ3n) is 7.29. The quantitative estimate of drug-likeness (QED) is 0.201. The lowest BCUT2D eigenvalue weighted by Crippen LogP contribution is -2.21. The van der Waals surface area contributed by atoms with E-state index < -0.39 is 83.4 Å². The van der Waals surface area contributed by atoms with Gasteiger partial charge in [0.2, 0.25) is 0 Å². The van der Waals surface area contributed by atoms with Gasteiger partial charge in [0.05, 0.1) is 17.7 Å². The zero-order valence-electron chi connectivity index (χ0n) is 23.1. The van der Waals surface area contributed by atoms with Gasteiger partial charge < -0.3 is 5.73 Å². The van der Waals surface area contributed by atoms with Crippen molar-refractivity contribution in [1.82, 2.24) is 14.8 Å². The molecule has 1 atom stereocenters. The summed E-state index contributed by atoms with van der Waals surface area (Å²) in [6, 6.07) is 9.72. The molecule has 2 aromatic carbocycles. The summed E-state index contributed by atoms with van der Waals surface area (Å²) in [5, 5.41) is 3.18. The predicted octanol–water partition coefficient (Wildman–Crippen LogP) is 6.97. The molecule has 2 aromatic heterocycles. The molecule has 0 saturated heterocycles. The lowest BCUT2D eigenvalue weighted by Gasteiger charge is -2.20. The van der Waals surface area contributed by atoms with E-state index in [0.717, 1.165) is 18.2 Å². The summed E-state index contributed by atoms with van der Waals surface area (Å²) in [5.74, 6) is -9.76. The number of benzene rings is 2. The van der Waals surface area contributed by atoms with E-state index >= 15 is 0 Å². The second-order valence-electron chi connectivity index (χ2n) is 10.6. The molecule has 14 heteroatoms. The fourth-order valence-corrected chi connectivity index (χ4v) is 5.49. The van der Waals surface area contributed by atoms with Crippen molar-refractivity contribution in [3.8, 4) is 11.1 Å². The van der Waals surface area contributed by atoms with Crippen molar-refractivity contribution in [2.45, 2.75) is 43.8 Å². The molecule has 0 fully saturated rings. The normalized spacial score (nSPS) is 14.8. The molecule has 0 bridgehead atoms. The molecule has 2 N–H and O–H groups in total. The molecule has 0 unspecified atom stereocenters. The van der Waals surface area contributed by atoms with E-state index in [9.17, 15) is 44.7 Å². The highest BCUT2D eigenvalue weighted by Gasteiger charge is 2.55. The van der Waals surface area contributed by atoms with Crippen molar-refractivity contribution < 1.29 is 44.7 Å². The molecule has 6 nitrogen and oxygen atoms in total. The second-order valence-corrected chi connectivity index (χ2v) is 10.6. The average Bonchev–Trinajstić information content (AvgIpc) is 3.43. The van der Waals surface area contributed by atoms with Gasteiger partial charge in [-0.05, 0) is 47.9 Å². The minimum Gasteiger partial charge on any atom is -0.399 e. The van der Waals surface area contributed by atoms with Crippen LogP contribution in [0, 0.1) is 17.5 Å². The minimum atomic E-state index is -5.33. The first-order valence-electron chi connectivity index (χ1n) is 13.3. The van der Waals surface area contributed by atoms with Gasteiger partial charge in [-0.25, -0.2) is 22.0 Å². The number of carbonyl (C=O) groups is 2. The van der Waals surface area contributed by atoms with E-state index in [4.69, 9.17) is 5.73 Å². The van der Waals surface area contributed by atoms with Gasteiger partial charge in [-0.15, -0.1) is 0 Å². The fourth-order valence-electron chi connectivity index (χ4n) is 5.49. The average molecular weight is 635 g/mol. The summed E-state index contributed by atoms with van der Waals surface area (Å²) in [4.78, 5) is 30.1. The summed E-state index contributed by atoms with van der Waals surface area (Å²) in [6.45, 7) is 2.56. The monoisotopic (exact) mass is 634 g/mol. The number of fused-ring (bicyclic) bond motifs is 1. The highest BCUT2D eigenvalue weighted by atomic mass is 19.4. The van der Waals surface area contributed by atoms with E-state index in [1.54, 1.807) is 6.07 Å². The molecule has 5 rings (SSSR count). The van der Waals surface area contributed by atoms with Crippen LogP contribution in [0.4, 0.5) is 35.1 Å². The van der Waals surface area contributed by atoms with Crippen LogP contribution >= 0.6 is 0 Å². The van der Waals surface area contributed by atoms with Crippen molar-refractivity contribution in [1.29, 1.82) is 0 Å². The molecule has 0 aliphatic heterocycles. The molecule has 4 aromatic rings. The van der Waals surface area contributed by atoms with Crippen LogP contribution in [0.2, 0.25) is 0 Å². The maximum Gasteiger partial charge on any atom is 0.435 e. The van der Waals surface area contributed by atoms with Crippen molar-refractivity contribution in [3.63, 3.8) is 0 Å². The van der Waals surface area contributed by atoms with Crippen LogP contribution in [0.3, 0.4) is 0 Å². The van der Waals surface area contributed by atoms with Gasteiger partial charge in [-0.2, -0.15) is 18.3 Å². The molecule has 0 spiro atoms. The molecule has 234 valence electrons. The van der Waals surface area contributed by atoms with Gasteiger partial charge in [0.25, 0.3) is 5.92 Å². The standard InChI is InChI=1S/C31H22F8N4O2/c1-15(40)23-11-17(4-5-24(23)34)22-3-2-6-41-27(22)18(7-16-8-19(32)12-20(33)9-16)10-21(44)14-43-28-25(45)13-30(35,36)26(28)29(42-43)31(37,38)39/h2-6,8-9,11-12,18H,1,7,10,13-14,40H2/t18-/m1/s1. The number of nitrogens with two attached hydrogens (primary N) is 1. The number of nitrogens with zero attached hydrogens (tertiary/aromatic N) is 3. The Kier molecular flexibility index (Phi) is 8.10. The maximum absolute atomic E-state index is 14.4. The van der Waals surface area contributed by atoms with Crippen molar-refractivity contribution >= 4 is 17.3 Å². The molecule has 45 heavy (non-hydrogen) atoms. The molecular formula is C31H22F8N4O2.